The molecule has 1 aliphatic rings. The standard InChI is InChI=1S/C17H18ClNO5S/c1-4-23-13-7-6-12(18)8-11(13)9-14-15(20)19(17(22)25-14)10(3)16(21)24-5-2/h6-10H,4-5H2,1-3H3/b14-9-/t10-/m1/s1. The highest BCUT2D eigenvalue weighted by Crippen LogP contribution is 2.36. The topological polar surface area (TPSA) is 72.9 Å². The van der Waals surface area contributed by atoms with Gasteiger partial charge < -0.3 is 9.47 Å². The molecule has 0 saturated carbocycles. The van der Waals surface area contributed by atoms with E-state index in [4.69, 9.17) is 21.1 Å². The molecule has 1 saturated heterocycles. The third-order valence-electron chi connectivity index (χ3n) is 3.40. The summed E-state index contributed by atoms with van der Waals surface area (Å²) in [4.78, 5) is 37.7. The number of carbonyl (C=O) groups is 3. The maximum Gasteiger partial charge on any atom is 0.329 e. The van der Waals surface area contributed by atoms with Gasteiger partial charge in [0.2, 0.25) is 0 Å². The predicted octanol–water partition coefficient (Wildman–Crippen LogP) is 3.73. The Hall–Kier alpha value is -1.99. The first kappa shape index (κ1) is 19.3. The Bertz CT molecular complexity index is 734. The molecular formula is C17H18ClNO5S. The second-order valence-corrected chi connectivity index (χ2v) is 6.52. The first-order chi connectivity index (χ1) is 11.9. The van der Waals surface area contributed by atoms with Crippen LogP contribution in [0.1, 0.15) is 26.3 Å². The molecule has 0 radical (unpaired) electrons. The van der Waals surface area contributed by atoms with Gasteiger partial charge in [-0.05, 0) is 56.8 Å². The van der Waals surface area contributed by atoms with Crippen LogP contribution in [0.25, 0.3) is 6.08 Å². The monoisotopic (exact) mass is 383 g/mol. The molecule has 0 unspecified atom stereocenters. The summed E-state index contributed by atoms with van der Waals surface area (Å²) < 4.78 is 10.4. The molecule has 0 N–H and O–H groups in total. The Morgan fingerprint density at radius 1 is 1.32 bits per heavy atom. The Morgan fingerprint density at radius 3 is 2.68 bits per heavy atom. The van der Waals surface area contributed by atoms with Gasteiger partial charge >= 0.3 is 5.97 Å². The van der Waals surface area contributed by atoms with Crippen molar-refractivity contribution in [1.29, 1.82) is 0 Å². The highest BCUT2D eigenvalue weighted by Gasteiger charge is 2.41. The number of hydrogen-bond acceptors (Lipinski definition) is 6. The van der Waals surface area contributed by atoms with Gasteiger partial charge in [0, 0.05) is 10.6 Å². The summed E-state index contributed by atoms with van der Waals surface area (Å²) in [5.41, 5.74) is 0.587. The molecule has 1 aliphatic heterocycles. The zero-order chi connectivity index (χ0) is 18.6. The number of benzene rings is 1. The van der Waals surface area contributed by atoms with E-state index < -0.39 is 23.2 Å². The van der Waals surface area contributed by atoms with Crippen LogP contribution < -0.4 is 4.74 Å². The van der Waals surface area contributed by atoms with E-state index in [1.165, 1.54) is 6.92 Å². The van der Waals surface area contributed by atoms with E-state index in [1.54, 1.807) is 31.2 Å². The van der Waals surface area contributed by atoms with Gasteiger partial charge in [-0.15, -0.1) is 0 Å². The molecular weight excluding hydrogens is 366 g/mol. The summed E-state index contributed by atoms with van der Waals surface area (Å²) >= 11 is 6.77. The minimum absolute atomic E-state index is 0.176. The lowest BCUT2D eigenvalue weighted by Crippen LogP contribution is -2.42. The van der Waals surface area contributed by atoms with Crippen LogP contribution in [-0.2, 0) is 14.3 Å². The zero-order valence-corrected chi connectivity index (χ0v) is 15.6. The molecule has 1 aromatic carbocycles. The molecule has 1 atom stereocenters. The number of imide groups is 1. The average molecular weight is 384 g/mol. The summed E-state index contributed by atoms with van der Waals surface area (Å²) in [6, 6.07) is 4.04. The van der Waals surface area contributed by atoms with Crippen LogP contribution in [0.5, 0.6) is 5.75 Å². The lowest BCUT2D eigenvalue weighted by Gasteiger charge is -2.19. The van der Waals surface area contributed by atoms with Crippen LogP contribution >= 0.6 is 23.4 Å². The normalized spacial score (nSPS) is 17.1. The van der Waals surface area contributed by atoms with Crippen LogP contribution in [0.3, 0.4) is 0 Å². The fraction of sp³-hybridized carbons (Fsp3) is 0.353. The molecule has 1 fully saturated rings. The van der Waals surface area contributed by atoms with E-state index in [0.29, 0.717) is 22.9 Å². The number of amides is 2. The largest absolute Gasteiger partial charge is 0.493 e. The van der Waals surface area contributed by atoms with Gasteiger partial charge in [0.1, 0.15) is 11.8 Å². The molecule has 134 valence electrons. The Labute approximate surface area is 155 Å². The quantitative estimate of drug-likeness (QED) is 0.550. The Kier molecular flexibility index (Phi) is 6.50. The number of hydrogen-bond donors (Lipinski definition) is 0. The Morgan fingerprint density at radius 2 is 2.04 bits per heavy atom. The number of esters is 1. The van der Waals surface area contributed by atoms with Crippen LogP contribution in [0.15, 0.2) is 23.1 Å². The predicted molar refractivity (Wildman–Crippen MR) is 96.5 cm³/mol. The van der Waals surface area contributed by atoms with Crippen molar-refractivity contribution in [3.63, 3.8) is 0 Å². The van der Waals surface area contributed by atoms with Gasteiger partial charge in [0.15, 0.2) is 0 Å². The van der Waals surface area contributed by atoms with Gasteiger partial charge in [-0.2, -0.15) is 0 Å². The molecule has 8 heteroatoms. The average Bonchev–Trinajstić information content (AvgIpc) is 2.83. The minimum atomic E-state index is -0.982. The van der Waals surface area contributed by atoms with E-state index in [9.17, 15) is 14.4 Å². The van der Waals surface area contributed by atoms with E-state index in [0.717, 1.165) is 16.7 Å². The van der Waals surface area contributed by atoms with Crippen LogP contribution in [0.4, 0.5) is 4.79 Å². The Balaban J connectivity index is 2.32. The molecule has 0 spiro atoms. The van der Waals surface area contributed by atoms with Gasteiger partial charge in [-0.3, -0.25) is 14.5 Å². The van der Waals surface area contributed by atoms with Crippen LogP contribution in [-0.4, -0.2) is 41.3 Å². The van der Waals surface area contributed by atoms with Crippen molar-refractivity contribution in [3.05, 3.63) is 33.7 Å². The molecule has 0 aliphatic carbocycles. The first-order valence-corrected chi connectivity index (χ1v) is 8.94. The molecule has 1 aromatic rings. The molecule has 0 aromatic heterocycles. The summed E-state index contributed by atoms with van der Waals surface area (Å²) in [7, 11) is 0. The highest BCUT2D eigenvalue weighted by molar-refractivity contribution is 8.18. The van der Waals surface area contributed by atoms with Gasteiger partial charge in [0.05, 0.1) is 18.1 Å². The van der Waals surface area contributed by atoms with Crippen molar-refractivity contribution >= 4 is 46.6 Å². The van der Waals surface area contributed by atoms with Gasteiger partial charge in [-0.25, -0.2) is 4.79 Å². The first-order valence-electron chi connectivity index (χ1n) is 7.75. The molecule has 2 rings (SSSR count). The second-order valence-electron chi connectivity index (χ2n) is 5.09. The van der Waals surface area contributed by atoms with Crippen LogP contribution in [0.2, 0.25) is 5.02 Å². The number of halogens is 1. The smallest absolute Gasteiger partial charge is 0.329 e. The lowest BCUT2D eigenvalue weighted by molar-refractivity contribution is -0.150. The van der Waals surface area contributed by atoms with Crippen molar-refractivity contribution in [2.24, 2.45) is 0 Å². The van der Waals surface area contributed by atoms with E-state index in [2.05, 4.69) is 0 Å². The van der Waals surface area contributed by atoms with Crippen molar-refractivity contribution in [3.8, 4) is 5.75 Å². The number of nitrogens with zero attached hydrogens (tertiary/aromatic N) is 1. The van der Waals surface area contributed by atoms with Crippen molar-refractivity contribution in [1.82, 2.24) is 4.90 Å². The van der Waals surface area contributed by atoms with Crippen molar-refractivity contribution in [2.75, 3.05) is 13.2 Å². The zero-order valence-electron chi connectivity index (χ0n) is 14.1. The second kappa shape index (κ2) is 8.40. The maximum atomic E-state index is 12.6. The van der Waals surface area contributed by atoms with Crippen molar-refractivity contribution in [2.45, 2.75) is 26.8 Å². The lowest BCUT2D eigenvalue weighted by atomic mass is 10.1. The fourth-order valence-electron chi connectivity index (χ4n) is 2.24. The number of rotatable bonds is 6. The van der Waals surface area contributed by atoms with E-state index >= 15 is 0 Å². The SMILES string of the molecule is CCOC(=O)[C@@H](C)N1C(=O)S/C(=C\c2cc(Cl)ccc2OCC)C1=O. The highest BCUT2D eigenvalue weighted by atomic mass is 35.5. The third kappa shape index (κ3) is 4.35. The maximum absolute atomic E-state index is 12.6. The summed E-state index contributed by atoms with van der Waals surface area (Å²) in [5, 5.41) is -0.0365. The van der Waals surface area contributed by atoms with E-state index in [-0.39, 0.29) is 11.5 Å². The van der Waals surface area contributed by atoms with Crippen LogP contribution in [0, 0.1) is 0 Å². The molecule has 6 nitrogen and oxygen atoms in total. The molecule has 1 heterocycles. The van der Waals surface area contributed by atoms with Gasteiger partial charge in [-0.1, -0.05) is 11.6 Å². The summed E-state index contributed by atoms with van der Waals surface area (Å²) in [6.07, 6.45) is 1.54. The number of carbonyl (C=O) groups excluding carboxylic acids is 3. The summed E-state index contributed by atoms with van der Waals surface area (Å²) in [6.45, 7) is 5.58. The number of ether oxygens (including phenoxy) is 2. The summed E-state index contributed by atoms with van der Waals surface area (Å²) in [5.74, 6) is -0.612. The number of thioether (sulfide) groups is 1. The van der Waals surface area contributed by atoms with Crippen molar-refractivity contribution < 1.29 is 23.9 Å². The van der Waals surface area contributed by atoms with Gasteiger partial charge in [0.25, 0.3) is 11.1 Å². The van der Waals surface area contributed by atoms with E-state index in [1.807, 2.05) is 6.92 Å². The molecule has 0 bridgehead atoms. The third-order valence-corrected chi connectivity index (χ3v) is 4.52. The molecule has 2 amide bonds. The fourth-order valence-corrected chi connectivity index (χ4v) is 3.32. The molecule has 25 heavy (non-hydrogen) atoms. The minimum Gasteiger partial charge on any atom is -0.493 e.